The second-order valence-corrected chi connectivity index (χ2v) is 8.23. The minimum atomic E-state index is -0.541. The molecule has 0 saturated heterocycles. The number of hydrogen-bond acceptors (Lipinski definition) is 6. The van der Waals surface area contributed by atoms with Crippen LogP contribution in [0.1, 0.15) is 36.7 Å². The van der Waals surface area contributed by atoms with Crippen LogP contribution in [0.2, 0.25) is 0 Å². The lowest BCUT2D eigenvalue weighted by atomic mass is 10.0. The first kappa shape index (κ1) is 21.2. The van der Waals surface area contributed by atoms with Gasteiger partial charge in [0.25, 0.3) is 5.91 Å². The highest BCUT2D eigenvalue weighted by Crippen LogP contribution is 2.34. The van der Waals surface area contributed by atoms with Gasteiger partial charge in [0.05, 0.1) is 29.4 Å². The molecule has 32 heavy (non-hydrogen) atoms. The van der Waals surface area contributed by atoms with Gasteiger partial charge in [0.15, 0.2) is 0 Å². The van der Waals surface area contributed by atoms with Crippen molar-refractivity contribution < 1.29 is 14.3 Å². The van der Waals surface area contributed by atoms with E-state index in [2.05, 4.69) is 11.4 Å². The van der Waals surface area contributed by atoms with Crippen LogP contribution in [-0.2, 0) is 4.74 Å². The zero-order chi connectivity index (χ0) is 22.8. The van der Waals surface area contributed by atoms with E-state index < -0.39 is 5.97 Å². The SMILES string of the molecule is COC(=O)c1sc(NC(=O)c2cc(-c3ccccc3C)nc3ccccc23)c(C#N)c1C. The topological polar surface area (TPSA) is 92.1 Å². The summed E-state index contributed by atoms with van der Waals surface area (Å²) in [5.74, 6) is -0.923. The number of hydrogen-bond donors (Lipinski definition) is 1. The summed E-state index contributed by atoms with van der Waals surface area (Å²) in [5.41, 5.74) is 4.53. The van der Waals surface area contributed by atoms with Gasteiger partial charge in [0, 0.05) is 10.9 Å². The monoisotopic (exact) mass is 441 g/mol. The number of carbonyl (C=O) groups excluding carboxylic acids is 2. The number of fused-ring (bicyclic) bond motifs is 1. The van der Waals surface area contributed by atoms with Crippen LogP contribution in [0.25, 0.3) is 22.2 Å². The molecule has 0 aliphatic carbocycles. The van der Waals surface area contributed by atoms with E-state index in [9.17, 15) is 14.9 Å². The third-order valence-corrected chi connectivity index (χ3v) is 6.43. The number of benzene rings is 2. The van der Waals surface area contributed by atoms with Gasteiger partial charge in [-0.15, -0.1) is 11.3 Å². The Morgan fingerprint density at radius 2 is 1.81 bits per heavy atom. The quantitative estimate of drug-likeness (QED) is 0.423. The molecule has 0 bridgehead atoms. The number of carbonyl (C=O) groups is 2. The van der Waals surface area contributed by atoms with Gasteiger partial charge in [-0.1, -0.05) is 42.5 Å². The number of ether oxygens (including phenoxy) is 1. The van der Waals surface area contributed by atoms with E-state index in [1.165, 1.54) is 7.11 Å². The van der Waals surface area contributed by atoms with Crippen LogP contribution in [0.3, 0.4) is 0 Å². The molecule has 6 nitrogen and oxygen atoms in total. The highest BCUT2D eigenvalue weighted by Gasteiger charge is 2.23. The second-order valence-electron chi connectivity index (χ2n) is 7.20. The fourth-order valence-corrected chi connectivity index (χ4v) is 4.63. The van der Waals surface area contributed by atoms with Crippen LogP contribution >= 0.6 is 11.3 Å². The Labute approximate surface area is 189 Å². The molecule has 2 aromatic heterocycles. The summed E-state index contributed by atoms with van der Waals surface area (Å²) < 4.78 is 4.79. The molecule has 0 atom stereocenters. The molecule has 0 saturated carbocycles. The molecule has 0 fully saturated rings. The molecular weight excluding hydrogens is 422 g/mol. The molecule has 4 aromatic rings. The second kappa shape index (κ2) is 8.61. The Kier molecular flexibility index (Phi) is 5.71. The minimum Gasteiger partial charge on any atom is -0.465 e. The number of nitrogens with zero attached hydrogens (tertiary/aromatic N) is 2. The number of aromatic nitrogens is 1. The predicted octanol–water partition coefficient (Wildman–Crippen LogP) is 5.49. The Morgan fingerprint density at radius 1 is 1.09 bits per heavy atom. The molecule has 0 aliphatic heterocycles. The van der Waals surface area contributed by atoms with Crippen LogP contribution in [0.4, 0.5) is 5.00 Å². The lowest BCUT2D eigenvalue weighted by molar-refractivity contribution is 0.0605. The average molecular weight is 442 g/mol. The van der Waals surface area contributed by atoms with Gasteiger partial charge in [-0.25, -0.2) is 9.78 Å². The number of nitriles is 1. The molecule has 7 heteroatoms. The Bertz CT molecular complexity index is 1420. The average Bonchev–Trinajstić information content (AvgIpc) is 3.12. The van der Waals surface area contributed by atoms with Gasteiger partial charge in [-0.05, 0) is 37.1 Å². The van der Waals surface area contributed by atoms with Crippen molar-refractivity contribution in [3.8, 4) is 17.3 Å². The number of amides is 1. The largest absolute Gasteiger partial charge is 0.465 e. The maximum Gasteiger partial charge on any atom is 0.348 e. The van der Waals surface area contributed by atoms with E-state index in [-0.39, 0.29) is 11.5 Å². The number of thiophene rings is 1. The molecular formula is C25H19N3O3S. The Hall–Kier alpha value is -4.02. The molecule has 2 aromatic carbocycles. The molecule has 1 N–H and O–H groups in total. The standard InChI is InChI=1S/C25H19N3O3S/c1-14-8-4-5-9-16(14)21-12-18(17-10-6-7-11-20(17)27-21)23(29)28-24-19(13-26)15(2)22(32-24)25(30)31-3/h4-12H,1-3H3,(H,28,29). The molecule has 4 rings (SSSR count). The van der Waals surface area contributed by atoms with Gasteiger partial charge in [0.2, 0.25) is 0 Å². The Morgan fingerprint density at radius 3 is 2.53 bits per heavy atom. The first-order valence-electron chi connectivity index (χ1n) is 9.83. The lowest BCUT2D eigenvalue weighted by Crippen LogP contribution is -2.13. The van der Waals surface area contributed by atoms with Crippen molar-refractivity contribution in [2.45, 2.75) is 13.8 Å². The van der Waals surface area contributed by atoms with Crippen molar-refractivity contribution in [2.24, 2.45) is 0 Å². The van der Waals surface area contributed by atoms with Gasteiger partial charge in [-0.2, -0.15) is 5.26 Å². The number of nitrogens with one attached hydrogen (secondary N) is 1. The summed E-state index contributed by atoms with van der Waals surface area (Å²) in [7, 11) is 1.28. The third-order valence-electron chi connectivity index (χ3n) is 5.24. The first-order chi connectivity index (χ1) is 15.4. The van der Waals surface area contributed by atoms with Crippen LogP contribution < -0.4 is 5.32 Å². The lowest BCUT2D eigenvalue weighted by Gasteiger charge is -2.11. The van der Waals surface area contributed by atoms with Crippen molar-refractivity contribution >= 4 is 39.1 Å². The maximum atomic E-state index is 13.4. The van der Waals surface area contributed by atoms with Crippen molar-refractivity contribution in [2.75, 3.05) is 12.4 Å². The number of para-hydroxylation sites is 1. The van der Waals surface area contributed by atoms with Gasteiger partial charge in [-0.3, -0.25) is 4.79 Å². The fourth-order valence-electron chi connectivity index (χ4n) is 3.56. The zero-order valence-electron chi connectivity index (χ0n) is 17.7. The highest BCUT2D eigenvalue weighted by atomic mass is 32.1. The van der Waals surface area contributed by atoms with Crippen molar-refractivity contribution in [1.82, 2.24) is 4.98 Å². The van der Waals surface area contributed by atoms with E-state index in [1.54, 1.807) is 13.0 Å². The minimum absolute atomic E-state index is 0.251. The van der Waals surface area contributed by atoms with Gasteiger partial charge in [0.1, 0.15) is 15.9 Å². The smallest absolute Gasteiger partial charge is 0.348 e. The van der Waals surface area contributed by atoms with Gasteiger partial charge < -0.3 is 10.1 Å². The Balaban J connectivity index is 1.82. The summed E-state index contributed by atoms with van der Waals surface area (Å²) in [4.78, 5) is 30.4. The van der Waals surface area contributed by atoms with Crippen molar-refractivity contribution in [1.29, 1.82) is 5.26 Å². The summed E-state index contributed by atoms with van der Waals surface area (Å²) in [6, 6.07) is 19.1. The van der Waals surface area contributed by atoms with Gasteiger partial charge >= 0.3 is 5.97 Å². The number of esters is 1. The summed E-state index contributed by atoms with van der Waals surface area (Å²) in [6.07, 6.45) is 0. The van der Waals surface area contributed by atoms with E-state index in [0.29, 0.717) is 37.6 Å². The molecule has 0 aliphatic rings. The molecule has 2 heterocycles. The normalized spacial score (nSPS) is 10.6. The first-order valence-corrected chi connectivity index (χ1v) is 10.6. The third kappa shape index (κ3) is 3.72. The fraction of sp³-hybridized carbons (Fsp3) is 0.120. The molecule has 0 radical (unpaired) electrons. The van der Waals surface area contributed by atoms with Crippen molar-refractivity contribution in [3.05, 3.63) is 81.7 Å². The number of pyridine rings is 1. The zero-order valence-corrected chi connectivity index (χ0v) is 18.5. The summed E-state index contributed by atoms with van der Waals surface area (Å²) >= 11 is 1.03. The van der Waals surface area contributed by atoms with Crippen LogP contribution in [-0.4, -0.2) is 24.0 Å². The maximum absolute atomic E-state index is 13.4. The molecule has 1 amide bonds. The van der Waals surface area contributed by atoms with E-state index in [4.69, 9.17) is 9.72 Å². The number of methoxy groups -OCH3 is 1. The summed E-state index contributed by atoms with van der Waals surface area (Å²) in [6.45, 7) is 3.66. The highest BCUT2D eigenvalue weighted by molar-refractivity contribution is 7.18. The number of rotatable bonds is 4. The predicted molar refractivity (Wildman–Crippen MR) is 125 cm³/mol. The number of aryl methyl sites for hydroxylation is 1. The summed E-state index contributed by atoms with van der Waals surface area (Å²) in [5, 5.41) is 13.4. The van der Waals surface area contributed by atoms with Crippen LogP contribution in [0.15, 0.2) is 54.6 Å². The van der Waals surface area contributed by atoms with E-state index in [1.807, 2.05) is 55.5 Å². The molecule has 0 spiro atoms. The van der Waals surface area contributed by atoms with E-state index >= 15 is 0 Å². The van der Waals surface area contributed by atoms with Crippen LogP contribution in [0.5, 0.6) is 0 Å². The molecule has 0 unspecified atom stereocenters. The van der Waals surface area contributed by atoms with Crippen molar-refractivity contribution in [3.63, 3.8) is 0 Å². The van der Waals surface area contributed by atoms with Crippen LogP contribution in [0, 0.1) is 25.2 Å². The molecule has 158 valence electrons. The number of anilines is 1. The van der Waals surface area contributed by atoms with E-state index in [0.717, 1.165) is 22.5 Å².